The highest BCUT2D eigenvalue weighted by molar-refractivity contribution is 5.81. The van der Waals surface area contributed by atoms with Crippen molar-refractivity contribution in [3.63, 3.8) is 0 Å². The average molecular weight is 342 g/mol. The van der Waals surface area contributed by atoms with Gasteiger partial charge in [-0.05, 0) is 32.6 Å². The summed E-state index contributed by atoms with van der Waals surface area (Å²) in [6.45, 7) is 12.6. The molecule has 0 spiro atoms. The van der Waals surface area contributed by atoms with Crippen LogP contribution in [-0.4, -0.2) is 84.6 Å². The summed E-state index contributed by atoms with van der Waals surface area (Å²) in [5.74, 6) is 0.235. The quantitative estimate of drug-likeness (QED) is 0.751. The largest absolute Gasteiger partial charge is 0.389 e. The summed E-state index contributed by atoms with van der Waals surface area (Å²) in [5, 5.41) is 9.93. The number of rotatable bonds is 7. The Hall–Kier alpha value is -0.690. The van der Waals surface area contributed by atoms with Gasteiger partial charge in [-0.25, -0.2) is 0 Å². The van der Waals surface area contributed by atoms with Gasteiger partial charge in [0.2, 0.25) is 0 Å². The molecule has 2 heterocycles. The fourth-order valence-electron chi connectivity index (χ4n) is 3.39. The molecule has 0 bridgehead atoms. The van der Waals surface area contributed by atoms with Gasteiger partial charge < -0.3 is 19.5 Å². The zero-order valence-corrected chi connectivity index (χ0v) is 15.7. The molecule has 0 aromatic heterocycles. The Balaban J connectivity index is 1.81. The number of carbonyl (C=O) groups excluding carboxylic acids is 1. The number of β-amino-alcohol motifs (C(OH)–C–C–N with tert-alkyl or cyclic N) is 1. The number of hydrogen-bond donors (Lipinski definition) is 1. The van der Waals surface area contributed by atoms with E-state index in [0.29, 0.717) is 26.2 Å². The zero-order chi connectivity index (χ0) is 17.7. The van der Waals surface area contributed by atoms with E-state index in [1.165, 1.54) is 0 Å². The van der Waals surface area contributed by atoms with Crippen molar-refractivity contribution in [3.05, 3.63) is 0 Å². The predicted octanol–water partition coefficient (Wildman–Crippen LogP) is 1.12. The fraction of sp³-hybridized carbons (Fsp3) is 0.944. The van der Waals surface area contributed by atoms with Crippen molar-refractivity contribution < 1.29 is 19.4 Å². The number of carbonyl (C=O) groups is 1. The van der Waals surface area contributed by atoms with Crippen LogP contribution in [0.3, 0.4) is 0 Å². The molecule has 2 rings (SSSR count). The van der Waals surface area contributed by atoms with E-state index in [1.807, 2.05) is 32.6 Å². The lowest BCUT2D eigenvalue weighted by atomic mass is 10.0. The molecule has 1 N–H and O–H groups in total. The molecule has 0 unspecified atom stereocenters. The molecule has 0 aromatic carbocycles. The minimum Gasteiger partial charge on any atom is -0.389 e. The van der Waals surface area contributed by atoms with Gasteiger partial charge in [-0.1, -0.05) is 13.8 Å². The minimum absolute atomic E-state index is 0.0888. The molecule has 2 saturated heterocycles. The number of hydrogen-bond acceptors (Lipinski definition) is 5. The summed E-state index contributed by atoms with van der Waals surface area (Å²) in [4.78, 5) is 16.9. The Kier molecular flexibility index (Phi) is 7.04. The Labute approximate surface area is 146 Å². The molecule has 0 radical (unpaired) electrons. The van der Waals surface area contributed by atoms with Crippen molar-refractivity contribution in [2.45, 2.75) is 58.3 Å². The fourth-order valence-corrected chi connectivity index (χ4v) is 3.39. The lowest BCUT2D eigenvalue weighted by molar-refractivity contribution is -0.151. The summed E-state index contributed by atoms with van der Waals surface area (Å²) in [6, 6.07) is 0. The van der Waals surface area contributed by atoms with Gasteiger partial charge in [-0.3, -0.25) is 9.69 Å². The standard InChI is InChI=1S/C18H34N2O4/c1-14(2)16(24-12-15-6-5-11-23-15)17(21)20-9-7-19(8-10-20)13-18(3,4)22/h14-16,22H,5-13H2,1-4H3/t15-,16-/m1/s1. The molecule has 140 valence electrons. The number of nitrogens with zero attached hydrogens (tertiary/aromatic N) is 2. The van der Waals surface area contributed by atoms with E-state index in [1.54, 1.807) is 0 Å². The van der Waals surface area contributed by atoms with E-state index >= 15 is 0 Å². The molecule has 0 aromatic rings. The topological polar surface area (TPSA) is 62.2 Å². The van der Waals surface area contributed by atoms with Crippen LogP contribution in [0.25, 0.3) is 0 Å². The lowest BCUT2D eigenvalue weighted by Crippen LogP contribution is -2.55. The number of piperazine rings is 1. The van der Waals surface area contributed by atoms with Crippen LogP contribution < -0.4 is 0 Å². The van der Waals surface area contributed by atoms with E-state index in [9.17, 15) is 9.90 Å². The first kappa shape index (κ1) is 19.6. The SMILES string of the molecule is CC(C)[C@@H](OC[C@H]1CCCO1)C(=O)N1CCN(CC(C)(C)O)CC1. The molecule has 24 heavy (non-hydrogen) atoms. The number of ether oxygens (including phenoxy) is 2. The summed E-state index contributed by atoms with van der Waals surface area (Å²) in [6.07, 6.45) is 1.85. The number of aliphatic hydroxyl groups is 1. The van der Waals surface area contributed by atoms with Crippen molar-refractivity contribution in [3.8, 4) is 0 Å². The Morgan fingerprint density at radius 1 is 1.29 bits per heavy atom. The molecule has 1 amide bonds. The first-order valence-corrected chi connectivity index (χ1v) is 9.23. The summed E-state index contributed by atoms with van der Waals surface area (Å²) < 4.78 is 11.5. The maximum atomic E-state index is 12.8. The second-order valence-electron chi connectivity index (χ2n) is 8.05. The lowest BCUT2D eigenvalue weighted by Gasteiger charge is -2.39. The van der Waals surface area contributed by atoms with Gasteiger partial charge in [0, 0.05) is 39.3 Å². The average Bonchev–Trinajstić information content (AvgIpc) is 2.99. The van der Waals surface area contributed by atoms with Crippen LogP contribution in [0.1, 0.15) is 40.5 Å². The van der Waals surface area contributed by atoms with Crippen molar-refractivity contribution >= 4 is 5.91 Å². The highest BCUT2D eigenvalue weighted by Crippen LogP contribution is 2.17. The van der Waals surface area contributed by atoms with Gasteiger partial charge in [-0.15, -0.1) is 0 Å². The summed E-state index contributed by atoms with van der Waals surface area (Å²) >= 11 is 0. The molecule has 2 atom stereocenters. The van der Waals surface area contributed by atoms with E-state index in [2.05, 4.69) is 4.90 Å². The third kappa shape index (κ3) is 5.99. The van der Waals surface area contributed by atoms with Crippen LogP contribution in [0.2, 0.25) is 0 Å². The van der Waals surface area contributed by atoms with Crippen molar-refractivity contribution in [2.24, 2.45) is 5.92 Å². The van der Waals surface area contributed by atoms with E-state index in [-0.39, 0.29) is 17.9 Å². The highest BCUT2D eigenvalue weighted by atomic mass is 16.5. The van der Waals surface area contributed by atoms with Crippen molar-refractivity contribution in [1.82, 2.24) is 9.80 Å². The van der Waals surface area contributed by atoms with Crippen LogP contribution in [0.4, 0.5) is 0 Å². The Morgan fingerprint density at radius 2 is 1.96 bits per heavy atom. The van der Waals surface area contributed by atoms with E-state index in [0.717, 1.165) is 32.5 Å². The second-order valence-corrected chi connectivity index (χ2v) is 8.05. The predicted molar refractivity (Wildman–Crippen MR) is 92.9 cm³/mol. The van der Waals surface area contributed by atoms with Crippen LogP contribution in [0.15, 0.2) is 0 Å². The summed E-state index contributed by atoms with van der Waals surface area (Å²) in [5.41, 5.74) is -0.697. The normalized spacial score (nSPS) is 24.6. The van der Waals surface area contributed by atoms with Crippen LogP contribution in [0.5, 0.6) is 0 Å². The molecule has 6 heteroatoms. The van der Waals surface area contributed by atoms with Gasteiger partial charge in [0.15, 0.2) is 0 Å². The Bertz CT molecular complexity index is 394. The molecule has 0 saturated carbocycles. The zero-order valence-electron chi connectivity index (χ0n) is 15.7. The molecular formula is C18H34N2O4. The van der Waals surface area contributed by atoms with Crippen LogP contribution in [-0.2, 0) is 14.3 Å². The van der Waals surface area contributed by atoms with Gasteiger partial charge in [0.1, 0.15) is 6.10 Å². The first-order valence-electron chi connectivity index (χ1n) is 9.23. The summed E-state index contributed by atoms with van der Waals surface area (Å²) in [7, 11) is 0. The molecule has 2 aliphatic heterocycles. The molecule has 2 fully saturated rings. The molecule has 6 nitrogen and oxygen atoms in total. The van der Waals surface area contributed by atoms with Gasteiger partial charge >= 0.3 is 0 Å². The minimum atomic E-state index is -0.697. The molecule has 0 aliphatic carbocycles. The van der Waals surface area contributed by atoms with Crippen LogP contribution >= 0.6 is 0 Å². The van der Waals surface area contributed by atoms with Gasteiger partial charge in [-0.2, -0.15) is 0 Å². The maximum Gasteiger partial charge on any atom is 0.252 e. The molecular weight excluding hydrogens is 308 g/mol. The molecule has 2 aliphatic rings. The van der Waals surface area contributed by atoms with Crippen molar-refractivity contribution in [1.29, 1.82) is 0 Å². The monoisotopic (exact) mass is 342 g/mol. The third-order valence-corrected chi connectivity index (χ3v) is 4.63. The van der Waals surface area contributed by atoms with Gasteiger partial charge in [0.05, 0.1) is 18.3 Å². The second kappa shape index (κ2) is 8.61. The van der Waals surface area contributed by atoms with Crippen LogP contribution in [0, 0.1) is 5.92 Å². The first-order chi connectivity index (χ1) is 11.3. The van der Waals surface area contributed by atoms with Crippen molar-refractivity contribution in [2.75, 3.05) is 45.9 Å². The van der Waals surface area contributed by atoms with E-state index < -0.39 is 11.7 Å². The Morgan fingerprint density at radius 3 is 2.46 bits per heavy atom. The van der Waals surface area contributed by atoms with Gasteiger partial charge in [0.25, 0.3) is 5.91 Å². The maximum absolute atomic E-state index is 12.8. The number of amides is 1. The smallest absolute Gasteiger partial charge is 0.252 e. The third-order valence-electron chi connectivity index (χ3n) is 4.63. The highest BCUT2D eigenvalue weighted by Gasteiger charge is 2.32. The van der Waals surface area contributed by atoms with E-state index in [4.69, 9.17) is 9.47 Å².